The van der Waals surface area contributed by atoms with Crippen molar-refractivity contribution in [3.63, 3.8) is 0 Å². The largest absolute Gasteiger partial charge is 0.490 e. The van der Waals surface area contributed by atoms with Gasteiger partial charge < -0.3 is 10.5 Å². The van der Waals surface area contributed by atoms with Gasteiger partial charge in [0.05, 0.1) is 17.0 Å². The molecule has 0 atom stereocenters. The SMILES string of the molecule is COc1cc(N)cc([N+](=O)[O-])c1[N+](=O)[O-]. The van der Waals surface area contributed by atoms with Crippen LogP contribution in [0.1, 0.15) is 0 Å². The molecule has 1 aromatic carbocycles. The number of nitrogen functional groups attached to an aromatic ring is 1. The maximum atomic E-state index is 10.6. The van der Waals surface area contributed by atoms with E-state index in [0.29, 0.717) is 0 Å². The molecule has 0 aliphatic rings. The summed E-state index contributed by atoms with van der Waals surface area (Å²) < 4.78 is 4.65. The Morgan fingerprint density at radius 1 is 1.27 bits per heavy atom. The number of nitrogens with two attached hydrogens (primary N) is 1. The van der Waals surface area contributed by atoms with Crippen LogP contribution in [-0.2, 0) is 0 Å². The number of anilines is 1. The van der Waals surface area contributed by atoms with E-state index in [-0.39, 0.29) is 11.4 Å². The van der Waals surface area contributed by atoms with E-state index in [1.165, 1.54) is 7.11 Å². The molecule has 0 unspecified atom stereocenters. The highest BCUT2D eigenvalue weighted by Crippen LogP contribution is 2.38. The minimum atomic E-state index is -0.879. The van der Waals surface area contributed by atoms with Gasteiger partial charge in [0.2, 0.25) is 5.75 Å². The zero-order valence-corrected chi connectivity index (χ0v) is 7.67. The molecular weight excluding hydrogens is 206 g/mol. The second kappa shape index (κ2) is 3.78. The number of nitro benzene ring substituents is 2. The van der Waals surface area contributed by atoms with E-state index in [4.69, 9.17) is 5.73 Å². The molecule has 0 aliphatic heterocycles. The van der Waals surface area contributed by atoms with E-state index in [2.05, 4.69) is 4.74 Å². The highest BCUT2D eigenvalue weighted by atomic mass is 16.6. The van der Waals surface area contributed by atoms with E-state index in [9.17, 15) is 20.2 Å². The fraction of sp³-hybridized carbons (Fsp3) is 0.143. The van der Waals surface area contributed by atoms with Crippen molar-refractivity contribution in [3.05, 3.63) is 32.4 Å². The third-order valence-corrected chi connectivity index (χ3v) is 1.68. The second-order valence-electron chi connectivity index (χ2n) is 2.61. The average Bonchev–Trinajstić information content (AvgIpc) is 2.15. The van der Waals surface area contributed by atoms with Crippen LogP contribution >= 0.6 is 0 Å². The molecular formula is C7H7N3O5. The van der Waals surface area contributed by atoms with Crippen LogP contribution in [-0.4, -0.2) is 17.0 Å². The minimum absolute atomic E-state index is 0.0316. The predicted molar refractivity (Wildman–Crippen MR) is 50.7 cm³/mol. The monoisotopic (exact) mass is 213 g/mol. The van der Waals surface area contributed by atoms with Crippen molar-refractivity contribution in [1.82, 2.24) is 0 Å². The van der Waals surface area contributed by atoms with Crippen LogP contribution in [0, 0.1) is 20.2 Å². The molecule has 0 aliphatic carbocycles. The molecule has 0 bridgehead atoms. The summed E-state index contributed by atoms with van der Waals surface area (Å²) in [6, 6.07) is 2.08. The van der Waals surface area contributed by atoms with E-state index >= 15 is 0 Å². The van der Waals surface area contributed by atoms with Gasteiger partial charge in [-0.2, -0.15) is 0 Å². The zero-order chi connectivity index (χ0) is 11.6. The first-order chi connectivity index (χ1) is 6.97. The highest BCUT2D eigenvalue weighted by molar-refractivity contribution is 5.68. The van der Waals surface area contributed by atoms with Gasteiger partial charge in [0, 0.05) is 17.8 Å². The summed E-state index contributed by atoms with van der Waals surface area (Å²) in [6.07, 6.45) is 0. The number of benzene rings is 1. The predicted octanol–water partition coefficient (Wildman–Crippen LogP) is 1.09. The summed E-state index contributed by atoms with van der Waals surface area (Å²) in [5, 5.41) is 21.1. The van der Waals surface area contributed by atoms with Crippen LogP contribution < -0.4 is 10.5 Å². The molecule has 0 saturated carbocycles. The normalized spacial score (nSPS) is 9.67. The number of nitrogens with zero attached hydrogens (tertiary/aromatic N) is 2. The molecule has 0 aromatic heterocycles. The molecule has 0 fully saturated rings. The Labute approximate surface area is 83.6 Å². The number of rotatable bonds is 3. The van der Waals surface area contributed by atoms with Gasteiger partial charge in [-0.25, -0.2) is 0 Å². The van der Waals surface area contributed by atoms with Crippen LogP contribution in [0.25, 0.3) is 0 Å². The first kappa shape index (κ1) is 10.7. The second-order valence-corrected chi connectivity index (χ2v) is 2.61. The minimum Gasteiger partial charge on any atom is -0.490 e. The summed E-state index contributed by atoms with van der Waals surface area (Å²) >= 11 is 0. The van der Waals surface area contributed by atoms with E-state index in [1.54, 1.807) is 0 Å². The van der Waals surface area contributed by atoms with Crippen LogP contribution in [0.5, 0.6) is 5.75 Å². The van der Waals surface area contributed by atoms with Crippen LogP contribution in [0.15, 0.2) is 12.1 Å². The maximum Gasteiger partial charge on any atom is 0.387 e. The molecule has 0 saturated heterocycles. The Hall–Kier alpha value is -2.38. The van der Waals surface area contributed by atoms with Crippen molar-refractivity contribution < 1.29 is 14.6 Å². The first-order valence-electron chi connectivity index (χ1n) is 3.73. The first-order valence-corrected chi connectivity index (χ1v) is 3.73. The molecule has 0 heterocycles. The standard InChI is InChI=1S/C7H7N3O5/c1-15-6-3-4(8)2-5(9(11)12)7(6)10(13)14/h2-3H,8H2,1H3. The summed E-state index contributed by atoms with van der Waals surface area (Å²) in [7, 11) is 1.17. The molecule has 8 heteroatoms. The summed E-state index contributed by atoms with van der Waals surface area (Å²) in [5.74, 6) is -0.230. The third-order valence-electron chi connectivity index (χ3n) is 1.68. The lowest BCUT2D eigenvalue weighted by Gasteiger charge is -2.02. The lowest BCUT2D eigenvalue weighted by atomic mass is 10.2. The van der Waals surface area contributed by atoms with Gasteiger partial charge in [-0.15, -0.1) is 0 Å². The van der Waals surface area contributed by atoms with Gasteiger partial charge in [0.1, 0.15) is 0 Å². The molecule has 80 valence electrons. The Balaban J connectivity index is 3.54. The van der Waals surface area contributed by atoms with Gasteiger partial charge >= 0.3 is 11.4 Å². The number of hydrogen-bond acceptors (Lipinski definition) is 6. The van der Waals surface area contributed by atoms with Crippen LogP contribution in [0.3, 0.4) is 0 Å². The number of ether oxygens (including phenoxy) is 1. The van der Waals surface area contributed by atoms with Crippen molar-refractivity contribution in [2.24, 2.45) is 0 Å². The number of hydrogen-bond donors (Lipinski definition) is 1. The smallest absolute Gasteiger partial charge is 0.387 e. The van der Waals surface area contributed by atoms with Crippen molar-refractivity contribution in [2.45, 2.75) is 0 Å². The van der Waals surface area contributed by atoms with Crippen LogP contribution in [0.4, 0.5) is 17.1 Å². The van der Waals surface area contributed by atoms with Gasteiger partial charge in [0.15, 0.2) is 0 Å². The van der Waals surface area contributed by atoms with Crippen molar-refractivity contribution >= 4 is 17.1 Å². The Kier molecular flexibility index (Phi) is 2.70. The molecule has 1 rings (SSSR count). The van der Waals surface area contributed by atoms with E-state index in [0.717, 1.165) is 12.1 Å². The van der Waals surface area contributed by atoms with E-state index < -0.39 is 21.2 Å². The van der Waals surface area contributed by atoms with Crippen molar-refractivity contribution in [1.29, 1.82) is 0 Å². The summed E-state index contributed by atoms with van der Waals surface area (Å²) in [5.41, 5.74) is 3.99. The molecule has 15 heavy (non-hydrogen) atoms. The molecule has 0 amide bonds. The molecule has 1 aromatic rings. The fourth-order valence-electron chi connectivity index (χ4n) is 1.09. The molecule has 0 radical (unpaired) electrons. The fourth-order valence-corrected chi connectivity index (χ4v) is 1.09. The highest BCUT2D eigenvalue weighted by Gasteiger charge is 2.30. The van der Waals surface area contributed by atoms with Crippen LogP contribution in [0.2, 0.25) is 0 Å². The maximum absolute atomic E-state index is 10.6. The van der Waals surface area contributed by atoms with Gasteiger partial charge in [-0.1, -0.05) is 0 Å². The van der Waals surface area contributed by atoms with Gasteiger partial charge in [0.25, 0.3) is 0 Å². The quantitative estimate of drug-likeness (QED) is 0.455. The Bertz CT molecular complexity index is 431. The lowest BCUT2D eigenvalue weighted by molar-refractivity contribution is -0.423. The number of nitro groups is 2. The van der Waals surface area contributed by atoms with E-state index in [1.807, 2.05) is 0 Å². The zero-order valence-electron chi connectivity index (χ0n) is 7.67. The van der Waals surface area contributed by atoms with Crippen molar-refractivity contribution in [3.8, 4) is 5.75 Å². The van der Waals surface area contributed by atoms with Gasteiger partial charge in [-0.05, 0) is 0 Å². The Morgan fingerprint density at radius 2 is 1.87 bits per heavy atom. The molecule has 8 nitrogen and oxygen atoms in total. The molecule has 2 N–H and O–H groups in total. The van der Waals surface area contributed by atoms with Crippen molar-refractivity contribution in [2.75, 3.05) is 12.8 Å². The number of methoxy groups -OCH3 is 1. The molecule has 0 spiro atoms. The lowest BCUT2D eigenvalue weighted by Crippen LogP contribution is -2.01. The average molecular weight is 213 g/mol. The summed E-state index contributed by atoms with van der Waals surface area (Å²) in [6.45, 7) is 0. The topological polar surface area (TPSA) is 122 Å². The summed E-state index contributed by atoms with van der Waals surface area (Å²) in [4.78, 5) is 19.4. The van der Waals surface area contributed by atoms with Gasteiger partial charge in [-0.3, -0.25) is 20.2 Å². The third kappa shape index (κ3) is 1.93. The Morgan fingerprint density at radius 3 is 2.27 bits per heavy atom.